The monoisotopic (exact) mass is 383 g/mol. The topological polar surface area (TPSA) is 73.9 Å². The molecule has 2 aromatic carbocycles. The Bertz CT molecular complexity index is 813. The Morgan fingerprint density at radius 3 is 2.52 bits per heavy atom. The number of nitrogens with one attached hydrogen (secondary N) is 1. The van der Waals surface area contributed by atoms with Crippen molar-refractivity contribution in [1.29, 1.82) is 0 Å². The van der Waals surface area contributed by atoms with Crippen molar-refractivity contribution >= 4 is 11.9 Å². The van der Waals surface area contributed by atoms with Gasteiger partial charge in [0.1, 0.15) is 5.82 Å². The molecule has 0 spiro atoms. The molecule has 0 fully saturated rings. The first-order chi connectivity index (χ1) is 12.9. The molecule has 0 radical (unpaired) electrons. The molecule has 2 rings (SSSR count). The number of esters is 1. The van der Waals surface area contributed by atoms with Crippen LogP contribution in [0.25, 0.3) is 0 Å². The minimum atomic E-state index is -2.99. The van der Waals surface area contributed by atoms with Gasteiger partial charge in [-0.15, -0.1) is 0 Å². The van der Waals surface area contributed by atoms with Gasteiger partial charge in [0.05, 0.1) is 12.7 Å². The van der Waals surface area contributed by atoms with Crippen LogP contribution in [0.4, 0.5) is 13.2 Å². The molecular weight excluding hydrogens is 367 g/mol. The van der Waals surface area contributed by atoms with E-state index in [4.69, 9.17) is 9.47 Å². The molecule has 0 unspecified atom stereocenters. The van der Waals surface area contributed by atoms with E-state index in [9.17, 15) is 22.8 Å². The molecule has 0 heterocycles. The van der Waals surface area contributed by atoms with Gasteiger partial charge < -0.3 is 19.5 Å². The first-order valence-corrected chi connectivity index (χ1v) is 7.70. The molecule has 144 valence electrons. The summed E-state index contributed by atoms with van der Waals surface area (Å²) in [5.41, 5.74) is 0.270. The maximum Gasteiger partial charge on any atom is 0.387 e. The number of hydrogen-bond donors (Lipinski definition) is 1. The van der Waals surface area contributed by atoms with Crippen LogP contribution >= 0.6 is 0 Å². The lowest BCUT2D eigenvalue weighted by Crippen LogP contribution is -2.28. The van der Waals surface area contributed by atoms with Crippen molar-refractivity contribution in [3.8, 4) is 11.5 Å². The maximum absolute atomic E-state index is 13.4. The number of methoxy groups -OCH3 is 1. The normalized spacial score (nSPS) is 10.4. The fourth-order valence-electron chi connectivity index (χ4n) is 2.10. The van der Waals surface area contributed by atoms with Crippen LogP contribution in [-0.4, -0.2) is 32.2 Å². The van der Waals surface area contributed by atoms with Crippen LogP contribution in [0.15, 0.2) is 42.5 Å². The van der Waals surface area contributed by atoms with Gasteiger partial charge in [-0.3, -0.25) is 4.79 Å². The summed E-state index contributed by atoms with van der Waals surface area (Å²) >= 11 is 0. The first-order valence-electron chi connectivity index (χ1n) is 7.70. The van der Waals surface area contributed by atoms with Gasteiger partial charge in [-0.2, -0.15) is 8.78 Å². The molecule has 0 atom stereocenters. The second-order valence-corrected chi connectivity index (χ2v) is 5.20. The van der Waals surface area contributed by atoms with E-state index in [0.717, 1.165) is 6.07 Å². The standard InChI is InChI=1S/C18H16F3NO5/c1-25-15-8-11(6-7-14(15)27-18(20)21)9-22-16(23)10-26-17(24)12-4-2-3-5-13(12)19/h2-8,18H,9-10H2,1H3,(H,22,23). The summed E-state index contributed by atoms with van der Waals surface area (Å²) in [6.07, 6.45) is 0. The Morgan fingerprint density at radius 2 is 1.85 bits per heavy atom. The van der Waals surface area contributed by atoms with Gasteiger partial charge in [0.2, 0.25) is 0 Å². The predicted octanol–water partition coefficient (Wildman–Crippen LogP) is 2.91. The van der Waals surface area contributed by atoms with E-state index < -0.39 is 30.9 Å². The third kappa shape index (κ3) is 5.91. The number of alkyl halides is 2. The van der Waals surface area contributed by atoms with Crippen LogP contribution in [0, 0.1) is 5.82 Å². The summed E-state index contributed by atoms with van der Waals surface area (Å²) in [4.78, 5) is 23.5. The maximum atomic E-state index is 13.4. The molecule has 6 nitrogen and oxygen atoms in total. The second kappa shape index (κ2) is 9.46. The minimum Gasteiger partial charge on any atom is -0.493 e. The van der Waals surface area contributed by atoms with Crippen LogP contribution in [0.2, 0.25) is 0 Å². The number of rotatable bonds is 8. The molecule has 9 heteroatoms. The minimum absolute atomic E-state index is 0.0292. The largest absolute Gasteiger partial charge is 0.493 e. The van der Waals surface area contributed by atoms with Gasteiger partial charge in [0.25, 0.3) is 5.91 Å². The molecule has 2 aromatic rings. The lowest BCUT2D eigenvalue weighted by atomic mass is 10.2. The zero-order valence-electron chi connectivity index (χ0n) is 14.2. The number of halogens is 3. The Kier molecular flexibility index (Phi) is 7.04. The average Bonchev–Trinajstić information content (AvgIpc) is 2.65. The molecule has 0 saturated heterocycles. The number of carbonyl (C=O) groups excluding carboxylic acids is 2. The first kappa shape index (κ1) is 20.1. The second-order valence-electron chi connectivity index (χ2n) is 5.20. The highest BCUT2D eigenvalue weighted by molar-refractivity contribution is 5.91. The van der Waals surface area contributed by atoms with E-state index in [1.54, 1.807) is 0 Å². The van der Waals surface area contributed by atoms with Gasteiger partial charge >= 0.3 is 12.6 Å². The van der Waals surface area contributed by atoms with Gasteiger partial charge in [-0.1, -0.05) is 18.2 Å². The van der Waals surface area contributed by atoms with Crippen molar-refractivity contribution in [3.63, 3.8) is 0 Å². The van der Waals surface area contributed by atoms with E-state index in [2.05, 4.69) is 10.1 Å². The van der Waals surface area contributed by atoms with Crippen LogP contribution in [0.5, 0.6) is 11.5 Å². The predicted molar refractivity (Wildman–Crippen MR) is 88.2 cm³/mol. The van der Waals surface area contributed by atoms with E-state index in [0.29, 0.717) is 5.56 Å². The molecule has 27 heavy (non-hydrogen) atoms. The third-order valence-electron chi connectivity index (χ3n) is 3.36. The molecule has 1 amide bonds. The molecule has 0 aliphatic rings. The molecule has 0 bridgehead atoms. The number of ether oxygens (including phenoxy) is 3. The van der Waals surface area contributed by atoms with Gasteiger partial charge in [0.15, 0.2) is 18.1 Å². The van der Waals surface area contributed by atoms with Gasteiger partial charge in [-0.25, -0.2) is 9.18 Å². The van der Waals surface area contributed by atoms with Crippen molar-refractivity contribution in [2.45, 2.75) is 13.2 Å². The fourth-order valence-corrected chi connectivity index (χ4v) is 2.10. The van der Waals surface area contributed by atoms with Crippen molar-refractivity contribution in [3.05, 3.63) is 59.4 Å². The van der Waals surface area contributed by atoms with Gasteiger partial charge in [-0.05, 0) is 29.8 Å². The van der Waals surface area contributed by atoms with E-state index in [1.165, 1.54) is 43.5 Å². The highest BCUT2D eigenvalue weighted by Crippen LogP contribution is 2.29. The molecule has 0 aromatic heterocycles. The van der Waals surface area contributed by atoms with Crippen LogP contribution in [0.1, 0.15) is 15.9 Å². The zero-order valence-corrected chi connectivity index (χ0v) is 14.2. The lowest BCUT2D eigenvalue weighted by molar-refractivity contribution is -0.124. The Morgan fingerprint density at radius 1 is 1.11 bits per heavy atom. The Hall–Kier alpha value is -3.23. The van der Waals surface area contributed by atoms with Gasteiger partial charge in [0, 0.05) is 6.54 Å². The third-order valence-corrected chi connectivity index (χ3v) is 3.36. The summed E-state index contributed by atoms with van der Waals surface area (Å²) in [7, 11) is 1.29. The molecular formula is C18H16F3NO5. The van der Waals surface area contributed by atoms with E-state index in [-0.39, 0.29) is 23.6 Å². The quantitative estimate of drug-likeness (QED) is 0.710. The number of carbonyl (C=O) groups is 2. The summed E-state index contributed by atoms with van der Waals surface area (Å²) in [6, 6.07) is 9.40. The Balaban J connectivity index is 1.86. The van der Waals surface area contributed by atoms with Crippen molar-refractivity contribution in [1.82, 2.24) is 5.32 Å². The highest BCUT2D eigenvalue weighted by Gasteiger charge is 2.15. The van der Waals surface area contributed by atoms with Crippen LogP contribution in [-0.2, 0) is 16.1 Å². The molecule has 1 N–H and O–H groups in total. The fraction of sp³-hybridized carbons (Fsp3) is 0.222. The van der Waals surface area contributed by atoms with E-state index in [1.807, 2.05) is 0 Å². The van der Waals surface area contributed by atoms with Crippen LogP contribution < -0.4 is 14.8 Å². The van der Waals surface area contributed by atoms with Crippen molar-refractivity contribution < 1.29 is 37.0 Å². The molecule has 0 aliphatic heterocycles. The SMILES string of the molecule is COc1cc(CNC(=O)COC(=O)c2ccccc2F)ccc1OC(F)F. The number of hydrogen-bond acceptors (Lipinski definition) is 5. The summed E-state index contributed by atoms with van der Waals surface area (Å²) in [6.45, 7) is -3.56. The number of amides is 1. The zero-order chi connectivity index (χ0) is 19.8. The Labute approximate surface area is 152 Å². The van der Waals surface area contributed by atoms with Crippen molar-refractivity contribution in [2.75, 3.05) is 13.7 Å². The lowest BCUT2D eigenvalue weighted by Gasteiger charge is -2.12. The summed E-state index contributed by atoms with van der Waals surface area (Å²) < 4.78 is 52.0. The molecule has 0 saturated carbocycles. The summed E-state index contributed by atoms with van der Waals surface area (Å²) in [5, 5.41) is 2.48. The average molecular weight is 383 g/mol. The highest BCUT2D eigenvalue weighted by atomic mass is 19.3. The van der Waals surface area contributed by atoms with Crippen molar-refractivity contribution in [2.24, 2.45) is 0 Å². The molecule has 0 aliphatic carbocycles. The van der Waals surface area contributed by atoms with Crippen LogP contribution in [0.3, 0.4) is 0 Å². The number of benzene rings is 2. The smallest absolute Gasteiger partial charge is 0.387 e. The summed E-state index contributed by atoms with van der Waals surface area (Å²) in [5.74, 6) is -2.39. The van der Waals surface area contributed by atoms with E-state index >= 15 is 0 Å².